The molecule has 1 unspecified atom stereocenters. The van der Waals surface area contributed by atoms with E-state index in [2.05, 4.69) is 9.88 Å². The third-order valence-electron chi connectivity index (χ3n) is 5.48. The van der Waals surface area contributed by atoms with Gasteiger partial charge in [0.1, 0.15) is 17.7 Å². The summed E-state index contributed by atoms with van der Waals surface area (Å²) in [5.41, 5.74) is 0.635. The Labute approximate surface area is 182 Å². The lowest BCUT2D eigenvalue weighted by Crippen LogP contribution is -2.44. The Morgan fingerprint density at radius 2 is 1.88 bits per heavy atom. The first kappa shape index (κ1) is 23.9. The second-order valence-electron chi connectivity index (χ2n) is 7.80. The number of hydrogen-bond acceptors (Lipinski definition) is 5. The van der Waals surface area contributed by atoms with Crippen LogP contribution >= 0.6 is 0 Å². The summed E-state index contributed by atoms with van der Waals surface area (Å²) >= 11 is 0. The zero-order valence-electron chi connectivity index (χ0n) is 17.2. The predicted molar refractivity (Wildman–Crippen MR) is 107 cm³/mol. The number of ether oxygens (including phenoxy) is 2. The number of alkyl halides is 3. The molecule has 2 aliphatic rings. The molecule has 2 aliphatic heterocycles. The fourth-order valence-corrected chi connectivity index (χ4v) is 3.81. The highest BCUT2D eigenvalue weighted by Gasteiger charge is 2.43. The summed E-state index contributed by atoms with van der Waals surface area (Å²) < 4.78 is 57.7. The summed E-state index contributed by atoms with van der Waals surface area (Å²) in [6, 6.07) is 11.7. The van der Waals surface area contributed by atoms with Crippen molar-refractivity contribution in [3.63, 3.8) is 0 Å². The average Bonchev–Trinajstić information content (AvgIpc) is 3.14. The van der Waals surface area contributed by atoms with Crippen LogP contribution in [0.5, 0.6) is 5.75 Å². The van der Waals surface area contributed by atoms with Crippen molar-refractivity contribution in [3.8, 4) is 5.75 Å². The highest BCUT2D eigenvalue weighted by atomic mass is 19.4. The van der Waals surface area contributed by atoms with E-state index in [0.29, 0.717) is 18.7 Å². The van der Waals surface area contributed by atoms with Gasteiger partial charge in [0.15, 0.2) is 0 Å². The Kier molecular flexibility index (Phi) is 7.68. The number of carbonyl (C=O) groups is 1. The number of carboxylic acid groups (broad SMARTS) is 1. The van der Waals surface area contributed by atoms with Crippen LogP contribution in [0.2, 0.25) is 0 Å². The van der Waals surface area contributed by atoms with Gasteiger partial charge in [-0.25, -0.2) is 9.18 Å². The van der Waals surface area contributed by atoms with Gasteiger partial charge in [-0.05, 0) is 31.0 Å². The molecule has 1 atom stereocenters. The van der Waals surface area contributed by atoms with Crippen LogP contribution in [0.3, 0.4) is 0 Å². The van der Waals surface area contributed by atoms with Crippen LogP contribution in [0, 0.1) is 5.82 Å². The molecule has 0 bridgehead atoms. The van der Waals surface area contributed by atoms with E-state index in [0.717, 1.165) is 38.1 Å². The summed E-state index contributed by atoms with van der Waals surface area (Å²) in [6.07, 6.45) is 0.829. The Hall–Kier alpha value is -2.72. The highest BCUT2D eigenvalue weighted by Crippen LogP contribution is 2.37. The number of likely N-dealkylation sites (tertiary alicyclic amines) is 1. The molecule has 1 aromatic carbocycles. The zero-order chi connectivity index (χ0) is 23.2. The van der Waals surface area contributed by atoms with E-state index in [-0.39, 0.29) is 17.5 Å². The maximum absolute atomic E-state index is 13.8. The van der Waals surface area contributed by atoms with Crippen molar-refractivity contribution in [2.75, 3.05) is 19.7 Å². The van der Waals surface area contributed by atoms with E-state index >= 15 is 0 Å². The molecule has 2 fully saturated rings. The molecule has 0 saturated carbocycles. The first-order valence-corrected chi connectivity index (χ1v) is 10.1. The lowest BCUT2D eigenvalue weighted by atomic mass is 9.88. The Balaban J connectivity index is 0.000000360. The van der Waals surface area contributed by atoms with E-state index in [1.807, 2.05) is 30.3 Å². The minimum atomic E-state index is -5.08. The number of para-hydroxylation sites is 1. The summed E-state index contributed by atoms with van der Waals surface area (Å²) in [5, 5.41) is 7.12. The van der Waals surface area contributed by atoms with Crippen molar-refractivity contribution >= 4 is 5.97 Å². The number of hydrogen-bond donors (Lipinski definition) is 1. The van der Waals surface area contributed by atoms with Crippen LogP contribution in [-0.4, -0.2) is 58.5 Å². The first-order valence-electron chi connectivity index (χ1n) is 10.1. The van der Waals surface area contributed by atoms with Crippen LogP contribution in [-0.2, 0) is 16.1 Å². The van der Waals surface area contributed by atoms with Crippen LogP contribution in [0.15, 0.2) is 48.8 Å². The van der Waals surface area contributed by atoms with E-state index in [9.17, 15) is 17.6 Å². The van der Waals surface area contributed by atoms with Gasteiger partial charge in [-0.1, -0.05) is 18.2 Å². The van der Waals surface area contributed by atoms with Crippen molar-refractivity contribution in [2.45, 2.75) is 43.7 Å². The van der Waals surface area contributed by atoms with Crippen LogP contribution in [0.1, 0.15) is 24.8 Å². The van der Waals surface area contributed by atoms with Crippen LogP contribution in [0.25, 0.3) is 0 Å². The molecule has 1 aromatic heterocycles. The monoisotopic (exact) mass is 456 g/mol. The standard InChI is InChI=1S/C20H23FN2O2.C2HF3O2/c21-19-13-22-9-6-16(19)14-23-10-7-20(8-11-23)12-18(15-24-20)25-17-4-2-1-3-5-17;3-2(4,5)1(6)7/h1-6,9,13,18H,7-8,10-12,14-15H2;(H,6,7). The minimum Gasteiger partial charge on any atom is -0.488 e. The van der Waals surface area contributed by atoms with Gasteiger partial charge in [0.25, 0.3) is 0 Å². The van der Waals surface area contributed by atoms with Crippen molar-refractivity contribution in [3.05, 3.63) is 60.2 Å². The molecule has 2 saturated heterocycles. The van der Waals surface area contributed by atoms with E-state index in [1.54, 1.807) is 12.3 Å². The molecule has 6 nitrogen and oxygen atoms in total. The topological polar surface area (TPSA) is 71.9 Å². The molecule has 1 N–H and O–H groups in total. The molecule has 4 rings (SSSR count). The van der Waals surface area contributed by atoms with Crippen molar-refractivity contribution in [2.24, 2.45) is 0 Å². The van der Waals surface area contributed by atoms with Gasteiger partial charge in [0.05, 0.1) is 18.4 Å². The number of halogens is 4. The lowest BCUT2D eigenvalue weighted by molar-refractivity contribution is -0.192. The fourth-order valence-electron chi connectivity index (χ4n) is 3.81. The largest absolute Gasteiger partial charge is 0.490 e. The van der Waals surface area contributed by atoms with Crippen molar-refractivity contribution in [1.29, 1.82) is 0 Å². The molecule has 174 valence electrons. The van der Waals surface area contributed by atoms with Gasteiger partial charge < -0.3 is 14.6 Å². The first-order chi connectivity index (χ1) is 15.2. The second-order valence-corrected chi connectivity index (χ2v) is 7.80. The van der Waals surface area contributed by atoms with Gasteiger partial charge in [-0.15, -0.1) is 0 Å². The van der Waals surface area contributed by atoms with E-state index in [1.165, 1.54) is 6.20 Å². The van der Waals surface area contributed by atoms with Gasteiger partial charge in [-0.3, -0.25) is 9.88 Å². The molecule has 0 radical (unpaired) electrons. The Morgan fingerprint density at radius 1 is 1.22 bits per heavy atom. The number of benzene rings is 1. The van der Waals surface area contributed by atoms with Crippen LogP contribution < -0.4 is 4.74 Å². The molecule has 1 spiro atoms. The van der Waals surface area contributed by atoms with Gasteiger partial charge in [-0.2, -0.15) is 13.2 Å². The second kappa shape index (κ2) is 10.3. The molecule has 10 heteroatoms. The predicted octanol–water partition coefficient (Wildman–Crippen LogP) is 4.06. The maximum atomic E-state index is 13.8. The third kappa shape index (κ3) is 6.64. The molecule has 32 heavy (non-hydrogen) atoms. The fraction of sp³-hybridized carbons (Fsp3) is 0.455. The maximum Gasteiger partial charge on any atom is 0.490 e. The Bertz CT molecular complexity index is 887. The van der Waals surface area contributed by atoms with E-state index < -0.39 is 12.1 Å². The van der Waals surface area contributed by atoms with Gasteiger partial charge in [0.2, 0.25) is 0 Å². The SMILES string of the molecule is Fc1cnccc1CN1CCC2(CC1)CC(Oc1ccccc1)CO2.O=C(O)C(F)(F)F. The van der Waals surface area contributed by atoms with Gasteiger partial charge in [0, 0.05) is 37.8 Å². The number of pyridine rings is 1. The van der Waals surface area contributed by atoms with Crippen LogP contribution in [0.4, 0.5) is 17.6 Å². The summed E-state index contributed by atoms with van der Waals surface area (Å²) in [6.45, 7) is 3.11. The molecule has 3 heterocycles. The quantitative estimate of drug-likeness (QED) is 0.700. The lowest BCUT2D eigenvalue weighted by Gasteiger charge is -2.38. The summed E-state index contributed by atoms with van der Waals surface area (Å²) in [7, 11) is 0. The zero-order valence-corrected chi connectivity index (χ0v) is 17.2. The molecule has 0 aliphatic carbocycles. The minimum absolute atomic E-state index is 0.0767. The normalized spacial score (nSPS) is 20.4. The molecule has 0 amide bonds. The molecular formula is C22H24F4N2O4. The number of piperidine rings is 1. The molecular weight excluding hydrogens is 432 g/mol. The number of carboxylic acids is 1. The molecule has 2 aromatic rings. The smallest absolute Gasteiger partial charge is 0.488 e. The number of aliphatic carboxylic acids is 1. The van der Waals surface area contributed by atoms with Gasteiger partial charge >= 0.3 is 12.1 Å². The Morgan fingerprint density at radius 3 is 2.47 bits per heavy atom. The van der Waals surface area contributed by atoms with Crippen molar-refractivity contribution in [1.82, 2.24) is 9.88 Å². The average molecular weight is 456 g/mol. The number of nitrogens with zero attached hydrogens (tertiary/aromatic N) is 2. The third-order valence-corrected chi connectivity index (χ3v) is 5.48. The highest BCUT2D eigenvalue weighted by molar-refractivity contribution is 5.73. The number of rotatable bonds is 4. The summed E-state index contributed by atoms with van der Waals surface area (Å²) in [4.78, 5) is 15.0. The van der Waals surface area contributed by atoms with E-state index in [4.69, 9.17) is 19.4 Å². The van der Waals surface area contributed by atoms with Crippen molar-refractivity contribution < 1.29 is 36.9 Å². The number of aromatic nitrogens is 1. The summed E-state index contributed by atoms with van der Waals surface area (Å²) in [5.74, 6) is -2.08.